The maximum atomic E-state index is 9.80. The van der Waals surface area contributed by atoms with Crippen molar-refractivity contribution in [2.75, 3.05) is 19.8 Å². The standard InChI is InChI=1S/C15H23N3O3/c16-14(18-20)10-13(12-4-2-1-3-5-12)17-15(11-19)6-8-21-9-7-15/h1-5,13,17,19-20H,6-11H2,(H2,16,18). The predicted molar refractivity (Wildman–Crippen MR) is 80.2 cm³/mol. The molecule has 116 valence electrons. The number of rotatable bonds is 6. The molecule has 1 atom stereocenters. The first-order chi connectivity index (χ1) is 10.2. The third-order valence-electron chi connectivity index (χ3n) is 3.98. The van der Waals surface area contributed by atoms with Crippen LogP contribution in [-0.2, 0) is 4.74 Å². The molecule has 1 heterocycles. The fourth-order valence-corrected chi connectivity index (χ4v) is 2.67. The number of amidine groups is 1. The summed E-state index contributed by atoms with van der Waals surface area (Å²) in [4.78, 5) is 0. The molecule has 6 heteroatoms. The van der Waals surface area contributed by atoms with Gasteiger partial charge in [0.15, 0.2) is 0 Å². The smallest absolute Gasteiger partial charge is 0.141 e. The first kappa shape index (κ1) is 15.8. The molecular formula is C15H23N3O3. The van der Waals surface area contributed by atoms with E-state index >= 15 is 0 Å². The van der Waals surface area contributed by atoms with E-state index in [2.05, 4.69) is 10.5 Å². The van der Waals surface area contributed by atoms with Gasteiger partial charge in [0.1, 0.15) is 5.84 Å². The van der Waals surface area contributed by atoms with Gasteiger partial charge in [-0.25, -0.2) is 0 Å². The highest BCUT2D eigenvalue weighted by Gasteiger charge is 2.34. The van der Waals surface area contributed by atoms with Crippen molar-refractivity contribution in [1.29, 1.82) is 0 Å². The number of nitrogens with one attached hydrogen (secondary N) is 1. The molecule has 0 aromatic heterocycles. The Morgan fingerprint density at radius 2 is 2.00 bits per heavy atom. The van der Waals surface area contributed by atoms with Crippen LogP contribution in [0.4, 0.5) is 0 Å². The summed E-state index contributed by atoms with van der Waals surface area (Å²) in [5.74, 6) is 0.163. The Balaban J connectivity index is 2.18. The van der Waals surface area contributed by atoms with E-state index in [1.807, 2.05) is 30.3 Å². The molecule has 2 rings (SSSR count). The van der Waals surface area contributed by atoms with E-state index in [0.717, 1.165) is 18.4 Å². The van der Waals surface area contributed by atoms with Gasteiger partial charge < -0.3 is 26.1 Å². The van der Waals surface area contributed by atoms with E-state index in [0.29, 0.717) is 19.6 Å². The highest BCUT2D eigenvalue weighted by atomic mass is 16.5. The van der Waals surface area contributed by atoms with Crippen molar-refractivity contribution in [1.82, 2.24) is 5.32 Å². The molecule has 21 heavy (non-hydrogen) atoms. The minimum atomic E-state index is -0.380. The maximum absolute atomic E-state index is 9.80. The SMILES string of the molecule is N/C(CC(NC1(CO)CCOCC1)c1ccccc1)=N/O. The minimum absolute atomic E-state index is 0.0376. The van der Waals surface area contributed by atoms with E-state index in [4.69, 9.17) is 15.7 Å². The molecule has 0 aliphatic carbocycles. The van der Waals surface area contributed by atoms with Gasteiger partial charge in [0.2, 0.25) is 0 Å². The lowest BCUT2D eigenvalue weighted by molar-refractivity contribution is 0.00671. The van der Waals surface area contributed by atoms with Crippen LogP contribution in [0, 0.1) is 0 Å². The van der Waals surface area contributed by atoms with Crippen LogP contribution in [-0.4, -0.2) is 41.5 Å². The van der Waals surface area contributed by atoms with Crippen LogP contribution >= 0.6 is 0 Å². The van der Waals surface area contributed by atoms with Crippen LogP contribution in [0.3, 0.4) is 0 Å². The van der Waals surface area contributed by atoms with Crippen LogP contribution in [0.15, 0.2) is 35.5 Å². The average molecular weight is 293 g/mol. The Kier molecular flexibility index (Phi) is 5.55. The zero-order valence-corrected chi connectivity index (χ0v) is 12.0. The third kappa shape index (κ3) is 4.17. The van der Waals surface area contributed by atoms with Gasteiger partial charge in [-0.05, 0) is 18.4 Å². The highest BCUT2D eigenvalue weighted by molar-refractivity contribution is 5.80. The van der Waals surface area contributed by atoms with Crippen LogP contribution in [0.1, 0.15) is 30.9 Å². The van der Waals surface area contributed by atoms with Crippen LogP contribution in [0.5, 0.6) is 0 Å². The molecule has 6 nitrogen and oxygen atoms in total. The minimum Gasteiger partial charge on any atom is -0.409 e. The molecular weight excluding hydrogens is 270 g/mol. The Bertz CT molecular complexity index is 458. The van der Waals surface area contributed by atoms with Gasteiger partial charge in [0, 0.05) is 31.2 Å². The van der Waals surface area contributed by atoms with Gasteiger partial charge in [-0.1, -0.05) is 35.5 Å². The monoisotopic (exact) mass is 293 g/mol. The Morgan fingerprint density at radius 3 is 2.57 bits per heavy atom. The van der Waals surface area contributed by atoms with E-state index in [1.165, 1.54) is 0 Å². The quantitative estimate of drug-likeness (QED) is 0.271. The van der Waals surface area contributed by atoms with Crippen molar-refractivity contribution >= 4 is 5.84 Å². The van der Waals surface area contributed by atoms with E-state index < -0.39 is 0 Å². The molecule has 1 aromatic carbocycles. The number of nitrogens with zero attached hydrogens (tertiary/aromatic N) is 1. The summed E-state index contributed by atoms with van der Waals surface area (Å²) in [6.07, 6.45) is 1.86. The van der Waals surface area contributed by atoms with Crippen molar-refractivity contribution in [2.45, 2.75) is 30.8 Å². The average Bonchev–Trinajstić information content (AvgIpc) is 2.56. The summed E-state index contributed by atoms with van der Waals surface area (Å²) >= 11 is 0. The fourth-order valence-electron chi connectivity index (χ4n) is 2.67. The summed E-state index contributed by atoms with van der Waals surface area (Å²) in [6.45, 7) is 1.28. The number of hydrogen-bond donors (Lipinski definition) is 4. The summed E-state index contributed by atoms with van der Waals surface area (Å²) in [5, 5.41) is 25.2. The van der Waals surface area contributed by atoms with Crippen LogP contribution < -0.4 is 11.1 Å². The summed E-state index contributed by atoms with van der Waals surface area (Å²) in [7, 11) is 0. The third-order valence-corrected chi connectivity index (χ3v) is 3.98. The predicted octanol–water partition coefficient (Wildman–Crippen LogP) is 0.995. The summed E-state index contributed by atoms with van der Waals surface area (Å²) < 4.78 is 5.38. The molecule has 1 saturated heterocycles. The first-order valence-electron chi connectivity index (χ1n) is 7.17. The second-order valence-electron chi connectivity index (χ2n) is 5.45. The van der Waals surface area contributed by atoms with E-state index in [-0.39, 0.29) is 24.0 Å². The Morgan fingerprint density at radius 1 is 1.33 bits per heavy atom. The summed E-state index contributed by atoms with van der Waals surface area (Å²) in [5.41, 5.74) is 6.34. The van der Waals surface area contributed by atoms with Gasteiger partial charge >= 0.3 is 0 Å². The van der Waals surface area contributed by atoms with Crippen molar-refractivity contribution < 1.29 is 15.1 Å². The zero-order chi connectivity index (χ0) is 15.1. The molecule has 1 aromatic rings. The van der Waals surface area contributed by atoms with Gasteiger partial charge in [-0.3, -0.25) is 0 Å². The van der Waals surface area contributed by atoms with Crippen LogP contribution in [0.25, 0.3) is 0 Å². The van der Waals surface area contributed by atoms with E-state index in [1.54, 1.807) is 0 Å². The lowest BCUT2D eigenvalue weighted by Crippen LogP contribution is -2.54. The number of hydrogen-bond acceptors (Lipinski definition) is 5. The number of oxime groups is 1. The highest BCUT2D eigenvalue weighted by Crippen LogP contribution is 2.26. The fraction of sp³-hybridized carbons (Fsp3) is 0.533. The zero-order valence-electron chi connectivity index (χ0n) is 12.0. The number of ether oxygens (including phenoxy) is 1. The molecule has 0 saturated carbocycles. The lowest BCUT2D eigenvalue weighted by atomic mass is 9.88. The molecule has 0 bridgehead atoms. The lowest BCUT2D eigenvalue weighted by Gasteiger charge is -2.39. The molecule has 1 aliphatic rings. The van der Waals surface area contributed by atoms with E-state index in [9.17, 15) is 5.11 Å². The normalized spacial score (nSPS) is 20.1. The number of benzene rings is 1. The van der Waals surface area contributed by atoms with Gasteiger partial charge in [0.05, 0.1) is 6.61 Å². The van der Waals surface area contributed by atoms with Crippen molar-refractivity contribution in [2.24, 2.45) is 10.9 Å². The molecule has 5 N–H and O–H groups in total. The van der Waals surface area contributed by atoms with Crippen molar-refractivity contribution in [3.63, 3.8) is 0 Å². The topological polar surface area (TPSA) is 100 Å². The van der Waals surface area contributed by atoms with Crippen LogP contribution in [0.2, 0.25) is 0 Å². The number of nitrogens with two attached hydrogens (primary N) is 1. The first-order valence-corrected chi connectivity index (χ1v) is 7.17. The number of aliphatic hydroxyl groups excluding tert-OH is 1. The van der Waals surface area contributed by atoms with Crippen molar-refractivity contribution in [3.8, 4) is 0 Å². The second-order valence-corrected chi connectivity index (χ2v) is 5.45. The summed E-state index contributed by atoms with van der Waals surface area (Å²) in [6, 6.07) is 9.71. The number of aliphatic hydroxyl groups is 1. The Labute approximate surface area is 124 Å². The van der Waals surface area contributed by atoms with Gasteiger partial charge in [-0.15, -0.1) is 0 Å². The maximum Gasteiger partial charge on any atom is 0.141 e. The molecule has 0 radical (unpaired) electrons. The second kappa shape index (κ2) is 7.40. The van der Waals surface area contributed by atoms with Gasteiger partial charge in [0.25, 0.3) is 0 Å². The van der Waals surface area contributed by atoms with Gasteiger partial charge in [-0.2, -0.15) is 0 Å². The molecule has 1 fully saturated rings. The molecule has 0 amide bonds. The molecule has 0 spiro atoms. The molecule has 1 unspecified atom stereocenters. The Hall–Kier alpha value is -1.63. The largest absolute Gasteiger partial charge is 0.409 e. The molecule has 1 aliphatic heterocycles. The van der Waals surface area contributed by atoms with Crippen molar-refractivity contribution in [3.05, 3.63) is 35.9 Å².